The topological polar surface area (TPSA) is 102 Å². The summed E-state index contributed by atoms with van der Waals surface area (Å²) in [4.78, 5) is 38.1. The molecule has 0 saturated carbocycles. The van der Waals surface area contributed by atoms with E-state index in [-0.39, 0.29) is 12.5 Å². The van der Waals surface area contributed by atoms with Crippen molar-refractivity contribution >= 4 is 45.8 Å². The average Bonchev–Trinajstić information content (AvgIpc) is 3.41. The third-order valence-corrected chi connectivity index (χ3v) is 8.07. The lowest BCUT2D eigenvalue weighted by Gasteiger charge is -2.38. The molecule has 1 fully saturated rings. The van der Waals surface area contributed by atoms with Gasteiger partial charge in [-0.3, -0.25) is 14.7 Å². The molecule has 1 unspecified atom stereocenters. The Hall–Kier alpha value is -2.75. The number of aromatic nitrogens is 2. The molecule has 2 aromatic heterocycles. The minimum Gasteiger partial charge on any atom is -0.449 e. The van der Waals surface area contributed by atoms with E-state index < -0.39 is 12.3 Å². The summed E-state index contributed by atoms with van der Waals surface area (Å²) in [5, 5.41) is 4.72. The number of benzene rings is 1. The lowest BCUT2D eigenvalue weighted by molar-refractivity contribution is 0.0390. The van der Waals surface area contributed by atoms with E-state index in [2.05, 4.69) is 4.98 Å². The fourth-order valence-corrected chi connectivity index (χ4v) is 5.98. The van der Waals surface area contributed by atoms with E-state index in [1.165, 1.54) is 4.90 Å². The van der Waals surface area contributed by atoms with Gasteiger partial charge in [0.1, 0.15) is 6.17 Å². The molecule has 8 nitrogen and oxygen atoms in total. The molecular formula is C25H28ClN5O3S. The predicted molar refractivity (Wildman–Crippen MR) is 136 cm³/mol. The van der Waals surface area contributed by atoms with Gasteiger partial charge in [-0.15, -0.1) is 11.3 Å². The number of rotatable bonds is 4. The number of piperazine rings is 1. The van der Waals surface area contributed by atoms with E-state index >= 15 is 0 Å². The molecule has 2 N–H and O–H groups in total. The summed E-state index contributed by atoms with van der Waals surface area (Å²) in [6.07, 6.45) is 4.20. The van der Waals surface area contributed by atoms with E-state index in [0.29, 0.717) is 36.7 Å². The third kappa shape index (κ3) is 4.72. The number of halogens is 1. The fraction of sp³-hybridized carbons (Fsp3) is 0.440. The number of thiazole rings is 1. The summed E-state index contributed by atoms with van der Waals surface area (Å²) in [7, 11) is 0. The highest BCUT2D eigenvalue weighted by Gasteiger charge is 2.32. The Labute approximate surface area is 213 Å². The Kier molecular flexibility index (Phi) is 6.91. The predicted octanol–water partition coefficient (Wildman–Crippen LogP) is 4.21. The molecule has 10 heteroatoms. The highest BCUT2D eigenvalue weighted by Crippen LogP contribution is 2.38. The second-order valence-corrected chi connectivity index (χ2v) is 10.3. The number of hydrogen-bond acceptors (Lipinski definition) is 7. The zero-order valence-electron chi connectivity index (χ0n) is 19.6. The highest BCUT2D eigenvalue weighted by molar-refractivity contribution is 7.09. The SMILES string of the molecule is CCCOC(=O)N1CCN(C(=O)c2ccc3c(Cl)c4c(nc3c2)CC(c2nccs2)CC4)C[C@H]1N. The first-order valence-corrected chi connectivity index (χ1v) is 13.2. The number of ether oxygens (including phenoxy) is 1. The summed E-state index contributed by atoms with van der Waals surface area (Å²) < 4.78 is 5.20. The summed E-state index contributed by atoms with van der Waals surface area (Å²) in [5.74, 6) is 0.204. The molecule has 1 aliphatic carbocycles. The van der Waals surface area contributed by atoms with Crippen LogP contribution in [0.3, 0.4) is 0 Å². The lowest BCUT2D eigenvalue weighted by Crippen LogP contribution is -2.60. The second kappa shape index (κ2) is 10.1. The van der Waals surface area contributed by atoms with Crippen LogP contribution in [0.2, 0.25) is 5.02 Å². The Balaban J connectivity index is 1.35. The molecule has 3 heterocycles. The molecule has 5 rings (SSSR count). The standard InChI is InChI=1S/C25H28ClN5O3S/c1-2-10-34-25(33)31-9-8-30(14-21(31)27)24(32)16-4-6-18-20(13-16)29-19-12-15(23-28-7-11-35-23)3-5-17(19)22(18)26/h4,6-7,11,13,15,21H,2-3,5,8-10,12,14,27H2,1H3/t15?,21-/m0/s1. The maximum atomic E-state index is 13.3. The van der Waals surface area contributed by atoms with Gasteiger partial charge in [-0.05, 0) is 43.4 Å². The Bertz CT molecular complexity index is 1250. The second-order valence-electron chi connectivity index (χ2n) is 9.02. The monoisotopic (exact) mass is 513 g/mol. The molecule has 0 bridgehead atoms. The van der Waals surface area contributed by atoms with Crippen molar-refractivity contribution in [3.63, 3.8) is 0 Å². The van der Waals surface area contributed by atoms with Gasteiger partial charge < -0.3 is 15.4 Å². The number of nitrogens with two attached hydrogens (primary N) is 1. The first-order valence-electron chi connectivity index (χ1n) is 11.9. The fourth-order valence-electron chi connectivity index (χ4n) is 4.84. The molecule has 2 atom stereocenters. The van der Waals surface area contributed by atoms with Crippen molar-refractivity contribution in [2.24, 2.45) is 5.73 Å². The van der Waals surface area contributed by atoms with Crippen molar-refractivity contribution < 1.29 is 14.3 Å². The third-order valence-electron chi connectivity index (χ3n) is 6.70. The maximum Gasteiger partial charge on any atom is 0.411 e. The van der Waals surface area contributed by atoms with Crippen molar-refractivity contribution in [3.8, 4) is 0 Å². The van der Waals surface area contributed by atoms with Crippen molar-refractivity contribution in [1.82, 2.24) is 19.8 Å². The van der Waals surface area contributed by atoms with Gasteiger partial charge in [0.15, 0.2) is 0 Å². The van der Waals surface area contributed by atoms with Crippen molar-refractivity contribution in [1.29, 1.82) is 0 Å². The number of amides is 2. The number of pyridine rings is 1. The van der Waals surface area contributed by atoms with Gasteiger partial charge in [0.2, 0.25) is 0 Å². The van der Waals surface area contributed by atoms with Gasteiger partial charge >= 0.3 is 6.09 Å². The molecule has 35 heavy (non-hydrogen) atoms. The van der Waals surface area contributed by atoms with Crippen LogP contribution in [0.25, 0.3) is 10.9 Å². The normalized spacial score (nSPS) is 20.1. The van der Waals surface area contributed by atoms with Crippen LogP contribution in [0.5, 0.6) is 0 Å². The van der Waals surface area contributed by atoms with Crippen molar-refractivity contribution in [2.75, 3.05) is 26.2 Å². The minimum atomic E-state index is -0.611. The number of carbonyl (C=O) groups is 2. The van der Waals surface area contributed by atoms with E-state index in [4.69, 9.17) is 27.1 Å². The van der Waals surface area contributed by atoms with Gasteiger partial charge in [-0.2, -0.15) is 0 Å². The zero-order valence-corrected chi connectivity index (χ0v) is 21.1. The van der Waals surface area contributed by atoms with Crippen LogP contribution in [-0.4, -0.2) is 64.2 Å². The van der Waals surface area contributed by atoms with Crippen molar-refractivity contribution in [3.05, 3.63) is 56.6 Å². The van der Waals surface area contributed by atoms with Gasteiger partial charge in [0, 0.05) is 47.2 Å². The van der Waals surface area contributed by atoms with Crippen LogP contribution in [0.1, 0.15) is 52.3 Å². The van der Waals surface area contributed by atoms with Gasteiger partial charge in [0.05, 0.1) is 28.7 Å². The van der Waals surface area contributed by atoms with Gasteiger partial charge in [-0.25, -0.2) is 9.78 Å². The minimum absolute atomic E-state index is 0.139. The Morgan fingerprint density at radius 3 is 2.91 bits per heavy atom. The maximum absolute atomic E-state index is 13.3. The van der Waals surface area contributed by atoms with Crippen molar-refractivity contribution in [2.45, 2.75) is 44.7 Å². The first kappa shape index (κ1) is 24.0. The molecule has 184 valence electrons. The van der Waals surface area contributed by atoms with E-state index in [1.807, 2.05) is 30.6 Å². The average molecular weight is 514 g/mol. The molecule has 0 spiro atoms. The van der Waals surface area contributed by atoms with Gasteiger partial charge in [0.25, 0.3) is 5.91 Å². The molecular weight excluding hydrogens is 486 g/mol. The highest BCUT2D eigenvalue weighted by atomic mass is 35.5. The quantitative estimate of drug-likeness (QED) is 0.560. The number of nitrogens with zero attached hydrogens (tertiary/aromatic N) is 4. The van der Waals surface area contributed by atoms with Crippen LogP contribution in [0, 0.1) is 0 Å². The molecule has 1 aliphatic heterocycles. The first-order chi connectivity index (χ1) is 17.0. The van der Waals surface area contributed by atoms with Gasteiger partial charge in [-0.1, -0.05) is 24.6 Å². The van der Waals surface area contributed by atoms with Crippen LogP contribution < -0.4 is 5.73 Å². The smallest absolute Gasteiger partial charge is 0.411 e. The van der Waals surface area contributed by atoms with Crippen LogP contribution >= 0.6 is 22.9 Å². The largest absolute Gasteiger partial charge is 0.449 e. The molecule has 1 aromatic carbocycles. The Morgan fingerprint density at radius 1 is 1.31 bits per heavy atom. The lowest BCUT2D eigenvalue weighted by atomic mass is 9.86. The summed E-state index contributed by atoms with van der Waals surface area (Å²) >= 11 is 8.47. The van der Waals surface area contributed by atoms with Crippen LogP contribution in [0.15, 0.2) is 29.8 Å². The summed E-state index contributed by atoms with van der Waals surface area (Å²) in [6, 6.07) is 5.48. The van der Waals surface area contributed by atoms with Crippen LogP contribution in [-0.2, 0) is 17.6 Å². The Morgan fingerprint density at radius 2 is 2.17 bits per heavy atom. The molecule has 1 saturated heterocycles. The van der Waals surface area contributed by atoms with E-state index in [1.54, 1.807) is 22.3 Å². The van der Waals surface area contributed by atoms with E-state index in [9.17, 15) is 9.59 Å². The number of fused-ring (bicyclic) bond motifs is 2. The molecule has 2 amide bonds. The molecule has 2 aliphatic rings. The van der Waals surface area contributed by atoms with Crippen LogP contribution in [0.4, 0.5) is 4.79 Å². The number of carbonyl (C=O) groups excluding carboxylic acids is 2. The zero-order chi connectivity index (χ0) is 24.5. The molecule has 0 radical (unpaired) electrons. The molecule has 3 aromatic rings. The van der Waals surface area contributed by atoms with E-state index in [0.717, 1.165) is 52.4 Å². The summed E-state index contributed by atoms with van der Waals surface area (Å²) in [6.45, 7) is 3.25. The summed E-state index contributed by atoms with van der Waals surface area (Å²) in [5.41, 5.74) is 9.52. The number of hydrogen-bond donors (Lipinski definition) is 1.